The predicted molar refractivity (Wildman–Crippen MR) is 87.2 cm³/mol. The third kappa shape index (κ3) is 3.81. The Morgan fingerprint density at radius 2 is 2.00 bits per heavy atom. The molecule has 2 nitrogen and oxygen atoms in total. The van der Waals surface area contributed by atoms with Gasteiger partial charge in [-0.25, -0.2) is 0 Å². The van der Waals surface area contributed by atoms with E-state index < -0.39 is 0 Å². The first-order chi connectivity index (χ1) is 9.61. The summed E-state index contributed by atoms with van der Waals surface area (Å²) in [6.45, 7) is 4.06. The maximum absolute atomic E-state index is 6.25. The van der Waals surface area contributed by atoms with Crippen LogP contribution in [0.2, 0.25) is 5.02 Å². The molecule has 2 N–H and O–H groups in total. The Morgan fingerprint density at radius 3 is 2.60 bits per heavy atom. The molecular formula is C16H20ClNOS. The molecule has 20 heavy (non-hydrogen) atoms. The van der Waals surface area contributed by atoms with E-state index in [1.54, 1.807) is 11.8 Å². The number of hydrogen-bond donors (Lipinski definition) is 1. The van der Waals surface area contributed by atoms with Gasteiger partial charge in [-0.1, -0.05) is 36.7 Å². The third-order valence-corrected chi connectivity index (χ3v) is 5.07. The monoisotopic (exact) mass is 309 g/mol. The molecule has 2 aromatic rings. The maximum Gasteiger partial charge on any atom is 0.118 e. The standard InChI is InChI=1S/C16H20ClNOS/c1-3-14(18)16(15-9-8-11(2)19-15)20-10-12-6-4-5-7-13(12)17/h4-9,14,16H,3,10,18H2,1-2H3. The molecule has 0 radical (unpaired) electrons. The summed E-state index contributed by atoms with van der Waals surface area (Å²) in [4.78, 5) is 0. The molecule has 1 heterocycles. The Hall–Kier alpha value is -0.900. The van der Waals surface area contributed by atoms with E-state index in [1.807, 2.05) is 37.3 Å². The lowest BCUT2D eigenvalue weighted by molar-refractivity contribution is 0.454. The zero-order valence-electron chi connectivity index (χ0n) is 11.8. The van der Waals surface area contributed by atoms with Gasteiger partial charge in [0, 0.05) is 16.8 Å². The van der Waals surface area contributed by atoms with Crippen LogP contribution in [0.5, 0.6) is 0 Å². The van der Waals surface area contributed by atoms with Gasteiger partial charge in [0.1, 0.15) is 11.5 Å². The number of halogens is 1. The van der Waals surface area contributed by atoms with E-state index in [1.165, 1.54) is 0 Å². The molecule has 0 aliphatic heterocycles. The second-order valence-electron chi connectivity index (χ2n) is 4.84. The Morgan fingerprint density at radius 1 is 1.25 bits per heavy atom. The van der Waals surface area contributed by atoms with Gasteiger partial charge in [-0.3, -0.25) is 0 Å². The molecule has 4 heteroatoms. The molecule has 1 aromatic carbocycles. The highest BCUT2D eigenvalue weighted by Gasteiger charge is 2.22. The zero-order valence-corrected chi connectivity index (χ0v) is 13.4. The largest absolute Gasteiger partial charge is 0.465 e. The highest BCUT2D eigenvalue weighted by molar-refractivity contribution is 7.98. The summed E-state index contributed by atoms with van der Waals surface area (Å²) in [6, 6.07) is 12.0. The van der Waals surface area contributed by atoms with Crippen molar-refractivity contribution in [2.24, 2.45) is 5.73 Å². The molecule has 0 bridgehead atoms. The van der Waals surface area contributed by atoms with Gasteiger partial charge in [0.2, 0.25) is 0 Å². The number of furan rings is 1. The van der Waals surface area contributed by atoms with Crippen LogP contribution in [-0.2, 0) is 5.75 Å². The SMILES string of the molecule is CCC(N)C(SCc1ccccc1Cl)c1ccc(C)o1. The first kappa shape index (κ1) is 15.5. The van der Waals surface area contributed by atoms with Gasteiger partial charge in [-0.15, -0.1) is 11.8 Å². The van der Waals surface area contributed by atoms with Crippen LogP contribution in [0.15, 0.2) is 40.8 Å². The first-order valence-corrected chi connectivity index (χ1v) is 8.21. The highest BCUT2D eigenvalue weighted by Crippen LogP contribution is 2.36. The van der Waals surface area contributed by atoms with Gasteiger partial charge in [0.05, 0.1) is 5.25 Å². The van der Waals surface area contributed by atoms with Crippen LogP contribution in [0, 0.1) is 6.92 Å². The number of thioether (sulfide) groups is 1. The summed E-state index contributed by atoms with van der Waals surface area (Å²) in [5, 5.41) is 0.962. The molecule has 0 saturated carbocycles. The van der Waals surface area contributed by atoms with Crippen LogP contribution in [0.1, 0.15) is 35.7 Å². The van der Waals surface area contributed by atoms with Crippen molar-refractivity contribution in [2.75, 3.05) is 0 Å². The molecule has 0 aliphatic rings. The molecule has 2 atom stereocenters. The quantitative estimate of drug-likeness (QED) is 0.820. The summed E-state index contributed by atoms with van der Waals surface area (Å²) in [7, 11) is 0. The average molecular weight is 310 g/mol. The first-order valence-electron chi connectivity index (χ1n) is 6.78. The molecule has 0 aliphatic carbocycles. The van der Waals surface area contributed by atoms with E-state index in [2.05, 4.69) is 13.0 Å². The highest BCUT2D eigenvalue weighted by atomic mass is 35.5. The minimum atomic E-state index is 0.0769. The molecule has 108 valence electrons. The number of aryl methyl sites for hydroxylation is 1. The molecule has 0 saturated heterocycles. The van der Waals surface area contributed by atoms with Crippen molar-refractivity contribution < 1.29 is 4.42 Å². The molecule has 0 spiro atoms. The van der Waals surface area contributed by atoms with E-state index in [-0.39, 0.29) is 11.3 Å². The summed E-state index contributed by atoms with van der Waals surface area (Å²) in [5.41, 5.74) is 7.38. The summed E-state index contributed by atoms with van der Waals surface area (Å²) < 4.78 is 5.75. The molecule has 2 unspecified atom stereocenters. The van der Waals surface area contributed by atoms with Gasteiger partial charge in [0.25, 0.3) is 0 Å². The van der Waals surface area contributed by atoms with Crippen molar-refractivity contribution in [1.82, 2.24) is 0 Å². The van der Waals surface area contributed by atoms with E-state index >= 15 is 0 Å². The fraction of sp³-hybridized carbons (Fsp3) is 0.375. The van der Waals surface area contributed by atoms with E-state index in [4.69, 9.17) is 21.8 Å². The van der Waals surface area contributed by atoms with Crippen molar-refractivity contribution in [3.8, 4) is 0 Å². The molecule has 0 amide bonds. The fourth-order valence-electron chi connectivity index (χ4n) is 2.03. The van der Waals surface area contributed by atoms with Gasteiger partial charge in [-0.05, 0) is 37.1 Å². The Balaban J connectivity index is 2.11. The average Bonchev–Trinajstić information content (AvgIpc) is 2.87. The maximum atomic E-state index is 6.25. The van der Waals surface area contributed by atoms with Crippen LogP contribution in [0.25, 0.3) is 0 Å². The molecule has 0 fully saturated rings. The number of rotatable bonds is 6. The van der Waals surface area contributed by atoms with Gasteiger partial charge in [-0.2, -0.15) is 0 Å². The Bertz CT molecular complexity index is 555. The number of nitrogens with two attached hydrogens (primary N) is 1. The molecular weight excluding hydrogens is 290 g/mol. The van der Waals surface area contributed by atoms with Crippen LogP contribution < -0.4 is 5.73 Å². The van der Waals surface area contributed by atoms with E-state index in [9.17, 15) is 0 Å². The lowest BCUT2D eigenvalue weighted by Gasteiger charge is -2.20. The topological polar surface area (TPSA) is 39.2 Å². The lowest BCUT2D eigenvalue weighted by Crippen LogP contribution is -2.25. The Labute approximate surface area is 129 Å². The summed E-state index contributed by atoms with van der Waals surface area (Å²) >= 11 is 7.99. The second-order valence-corrected chi connectivity index (χ2v) is 6.38. The minimum absolute atomic E-state index is 0.0769. The molecule has 2 rings (SSSR count). The van der Waals surface area contributed by atoms with Crippen LogP contribution >= 0.6 is 23.4 Å². The van der Waals surface area contributed by atoms with Crippen molar-refractivity contribution in [2.45, 2.75) is 37.3 Å². The normalized spacial score (nSPS) is 14.2. The van der Waals surface area contributed by atoms with Crippen LogP contribution in [-0.4, -0.2) is 6.04 Å². The Kier molecular flexibility index (Phi) is 5.58. The van der Waals surface area contributed by atoms with Crippen LogP contribution in [0.3, 0.4) is 0 Å². The number of benzene rings is 1. The van der Waals surface area contributed by atoms with Crippen molar-refractivity contribution >= 4 is 23.4 Å². The molecule has 1 aromatic heterocycles. The zero-order chi connectivity index (χ0) is 14.5. The van der Waals surface area contributed by atoms with Gasteiger partial charge >= 0.3 is 0 Å². The summed E-state index contributed by atoms with van der Waals surface area (Å²) in [5.74, 6) is 2.71. The predicted octanol–water partition coefficient (Wildman–Crippen LogP) is 4.95. The van der Waals surface area contributed by atoms with Crippen molar-refractivity contribution in [3.05, 3.63) is 58.5 Å². The van der Waals surface area contributed by atoms with Gasteiger partial charge in [0.15, 0.2) is 0 Å². The third-order valence-electron chi connectivity index (χ3n) is 3.28. The lowest BCUT2D eigenvalue weighted by atomic mass is 10.1. The van der Waals surface area contributed by atoms with Crippen molar-refractivity contribution in [1.29, 1.82) is 0 Å². The van der Waals surface area contributed by atoms with E-state index in [0.717, 1.165) is 34.3 Å². The van der Waals surface area contributed by atoms with Gasteiger partial charge < -0.3 is 10.2 Å². The van der Waals surface area contributed by atoms with Crippen LogP contribution in [0.4, 0.5) is 0 Å². The number of hydrogen-bond acceptors (Lipinski definition) is 3. The van der Waals surface area contributed by atoms with Crippen molar-refractivity contribution in [3.63, 3.8) is 0 Å². The van der Waals surface area contributed by atoms with E-state index in [0.29, 0.717) is 0 Å². The smallest absolute Gasteiger partial charge is 0.118 e. The minimum Gasteiger partial charge on any atom is -0.465 e. The summed E-state index contributed by atoms with van der Waals surface area (Å²) in [6.07, 6.45) is 0.917. The fourth-order valence-corrected chi connectivity index (χ4v) is 3.66. The second kappa shape index (κ2) is 7.21.